The molecule has 0 bridgehead atoms. The van der Waals surface area contributed by atoms with Crippen LogP contribution in [0, 0.1) is 0 Å². The summed E-state index contributed by atoms with van der Waals surface area (Å²) in [6.07, 6.45) is 3.70. The van der Waals surface area contributed by atoms with Crippen molar-refractivity contribution in [2.45, 2.75) is 25.5 Å². The Labute approximate surface area is 178 Å². The van der Waals surface area contributed by atoms with Crippen LogP contribution in [-0.4, -0.2) is 45.3 Å². The molecule has 148 valence electrons. The number of anilines is 1. The molecular weight excluding hydrogens is 455 g/mol. The van der Waals surface area contributed by atoms with Gasteiger partial charge in [0.1, 0.15) is 12.4 Å². The van der Waals surface area contributed by atoms with Crippen molar-refractivity contribution in [1.82, 2.24) is 10.6 Å². The van der Waals surface area contributed by atoms with E-state index in [1.54, 1.807) is 6.26 Å². The molecular formula is C20H29IN4O2. The first-order chi connectivity index (χ1) is 12.8. The van der Waals surface area contributed by atoms with E-state index in [0.717, 1.165) is 44.2 Å². The van der Waals surface area contributed by atoms with Gasteiger partial charge in [-0.2, -0.15) is 0 Å². The van der Waals surface area contributed by atoms with E-state index in [-0.39, 0.29) is 24.0 Å². The Morgan fingerprint density at radius 2 is 2.11 bits per heavy atom. The highest BCUT2D eigenvalue weighted by Crippen LogP contribution is 2.19. The zero-order valence-corrected chi connectivity index (χ0v) is 18.1. The number of rotatable bonds is 8. The molecule has 1 atom stereocenters. The summed E-state index contributed by atoms with van der Waals surface area (Å²) in [6, 6.07) is 14.8. The number of nitrogens with zero attached hydrogens (tertiary/aromatic N) is 2. The van der Waals surface area contributed by atoms with Gasteiger partial charge in [0.25, 0.3) is 0 Å². The van der Waals surface area contributed by atoms with Gasteiger partial charge in [0.05, 0.1) is 6.26 Å². The van der Waals surface area contributed by atoms with Gasteiger partial charge in [0.15, 0.2) is 5.96 Å². The van der Waals surface area contributed by atoms with Crippen molar-refractivity contribution in [2.75, 3.05) is 38.2 Å². The van der Waals surface area contributed by atoms with Gasteiger partial charge < -0.3 is 24.7 Å². The number of benzene rings is 1. The van der Waals surface area contributed by atoms with Crippen LogP contribution in [0.15, 0.2) is 58.1 Å². The Morgan fingerprint density at radius 3 is 2.85 bits per heavy atom. The second-order valence-electron chi connectivity index (χ2n) is 6.40. The van der Waals surface area contributed by atoms with Crippen LogP contribution in [0.3, 0.4) is 0 Å². The van der Waals surface area contributed by atoms with Gasteiger partial charge in [0, 0.05) is 45.0 Å². The molecule has 3 rings (SSSR count). The van der Waals surface area contributed by atoms with Crippen LogP contribution < -0.4 is 15.5 Å². The van der Waals surface area contributed by atoms with E-state index in [1.165, 1.54) is 5.69 Å². The van der Waals surface area contributed by atoms with Crippen molar-refractivity contribution in [3.05, 3.63) is 54.5 Å². The van der Waals surface area contributed by atoms with Gasteiger partial charge in [-0.15, -0.1) is 24.0 Å². The van der Waals surface area contributed by atoms with E-state index in [4.69, 9.17) is 9.15 Å². The van der Waals surface area contributed by atoms with Crippen LogP contribution in [0.2, 0.25) is 0 Å². The Hall–Kier alpha value is -1.74. The molecule has 2 heterocycles. The van der Waals surface area contributed by atoms with Crippen LogP contribution in [0.4, 0.5) is 5.69 Å². The Bertz CT molecular complexity index is 664. The summed E-state index contributed by atoms with van der Waals surface area (Å²) >= 11 is 0. The number of guanidine groups is 1. The maximum Gasteiger partial charge on any atom is 0.191 e. The number of halogens is 1. The summed E-state index contributed by atoms with van der Waals surface area (Å²) in [6.45, 7) is 4.11. The third-order valence-electron chi connectivity index (χ3n) is 4.46. The predicted molar refractivity (Wildman–Crippen MR) is 120 cm³/mol. The van der Waals surface area contributed by atoms with Gasteiger partial charge in [-0.1, -0.05) is 18.2 Å². The van der Waals surface area contributed by atoms with Gasteiger partial charge in [0.2, 0.25) is 0 Å². The van der Waals surface area contributed by atoms with Crippen molar-refractivity contribution in [1.29, 1.82) is 0 Å². The molecule has 1 saturated heterocycles. The van der Waals surface area contributed by atoms with Gasteiger partial charge in [-0.05, 0) is 37.1 Å². The van der Waals surface area contributed by atoms with Crippen molar-refractivity contribution in [2.24, 2.45) is 4.99 Å². The van der Waals surface area contributed by atoms with Crippen molar-refractivity contribution >= 4 is 35.6 Å². The molecule has 2 N–H and O–H groups in total. The topological polar surface area (TPSA) is 62.0 Å². The lowest BCUT2D eigenvalue weighted by molar-refractivity contribution is 0.105. The maximum absolute atomic E-state index is 5.59. The molecule has 1 aliphatic heterocycles. The highest BCUT2D eigenvalue weighted by Gasteiger charge is 2.23. The molecule has 1 aliphatic rings. The quantitative estimate of drug-likeness (QED) is 0.261. The molecule has 6 nitrogen and oxygen atoms in total. The van der Waals surface area contributed by atoms with Crippen LogP contribution in [0.1, 0.15) is 18.6 Å². The summed E-state index contributed by atoms with van der Waals surface area (Å²) in [5, 5.41) is 6.88. The fraction of sp³-hybridized carbons (Fsp3) is 0.450. The smallest absolute Gasteiger partial charge is 0.191 e. The summed E-state index contributed by atoms with van der Waals surface area (Å²) in [5.41, 5.74) is 1.29. The minimum Gasteiger partial charge on any atom is -0.467 e. The van der Waals surface area contributed by atoms with Crippen LogP contribution in [-0.2, 0) is 11.3 Å². The molecule has 0 spiro atoms. The molecule has 27 heavy (non-hydrogen) atoms. The number of furan rings is 1. The lowest BCUT2D eigenvalue weighted by Gasteiger charge is -2.20. The number of nitrogens with one attached hydrogen (secondary N) is 2. The third-order valence-corrected chi connectivity index (χ3v) is 4.46. The predicted octanol–water partition coefficient (Wildman–Crippen LogP) is 3.25. The lowest BCUT2D eigenvalue weighted by atomic mass is 10.3. The first-order valence-electron chi connectivity index (χ1n) is 9.22. The van der Waals surface area contributed by atoms with Crippen LogP contribution >= 0.6 is 24.0 Å². The molecule has 0 saturated carbocycles. The molecule has 0 aliphatic carbocycles. The average molecular weight is 484 g/mol. The monoisotopic (exact) mass is 484 g/mol. The minimum atomic E-state index is 0. The largest absolute Gasteiger partial charge is 0.467 e. The van der Waals surface area contributed by atoms with Crippen LogP contribution in [0.5, 0.6) is 0 Å². The number of para-hydroxylation sites is 1. The average Bonchev–Trinajstić information content (AvgIpc) is 3.36. The van der Waals surface area contributed by atoms with E-state index >= 15 is 0 Å². The molecule has 1 unspecified atom stereocenters. The second-order valence-corrected chi connectivity index (χ2v) is 6.40. The number of ether oxygens (including phenoxy) is 1. The normalized spacial score (nSPS) is 16.9. The molecule has 1 aromatic carbocycles. The Balaban J connectivity index is 0.00000261. The molecule has 0 radical (unpaired) electrons. The Morgan fingerprint density at radius 1 is 1.26 bits per heavy atom. The minimum absolute atomic E-state index is 0. The van der Waals surface area contributed by atoms with E-state index < -0.39 is 0 Å². The summed E-state index contributed by atoms with van der Waals surface area (Å²) < 4.78 is 10.8. The zero-order chi connectivity index (χ0) is 18.0. The summed E-state index contributed by atoms with van der Waals surface area (Å²) in [4.78, 5) is 6.74. The molecule has 7 heteroatoms. The second kappa shape index (κ2) is 11.9. The first kappa shape index (κ1) is 21.6. The SMILES string of the molecule is CN=C(NCCCOCc1ccco1)NC1CCN(c2ccccc2)C1.I. The van der Waals surface area contributed by atoms with Crippen LogP contribution in [0.25, 0.3) is 0 Å². The van der Waals surface area contributed by atoms with Crippen molar-refractivity contribution < 1.29 is 9.15 Å². The fourth-order valence-corrected chi connectivity index (χ4v) is 3.09. The van der Waals surface area contributed by atoms with Gasteiger partial charge in [-0.25, -0.2) is 0 Å². The molecule has 0 amide bonds. The van der Waals surface area contributed by atoms with E-state index in [9.17, 15) is 0 Å². The maximum atomic E-state index is 5.59. The van der Waals surface area contributed by atoms with Gasteiger partial charge >= 0.3 is 0 Å². The highest BCUT2D eigenvalue weighted by molar-refractivity contribution is 14.0. The number of hydrogen-bond donors (Lipinski definition) is 2. The van der Waals surface area contributed by atoms with Gasteiger partial charge in [-0.3, -0.25) is 4.99 Å². The number of aliphatic imine (C=N–C) groups is 1. The van der Waals surface area contributed by atoms with E-state index in [2.05, 4.69) is 50.9 Å². The first-order valence-corrected chi connectivity index (χ1v) is 9.22. The van der Waals surface area contributed by atoms with E-state index in [1.807, 2.05) is 19.2 Å². The molecule has 2 aromatic rings. The number of hydrogen-bond acceptors (Lipinski definition) is 4. The van der Waals surface area contributed by atoms with Crippen molar-refractivity contribution in [3.63, 3.8) is 0 Å². The molecule has 1 fully saturated rings. The standard InChI is InChI=1S/C20H28N4O2.HI/c1-21-20(22-11-6-13-25-16-19-9-5-14-26-19)23-17-10-12-24(15-17)18-7-3-2-4-8-18;/h2-5,7-9,14,17H,6,10-13,15-16H2,1H3,(H2,21,22,23);1H. The molecule has 1 aromatic heterocycles. The zero-order valence-electron chi connectivity index (χ0n) is 15.8. The summed E-state index contributed by atoms with van der Waals surface area (Å²) in [5.74, 6) is 1.72. The Kier molecular flexibility index (Phi) is 9.47. The lowest BCUT2D eigenvalue weighted by Crippen LogP contribution is -2.45. The third kappa shape index (κ3) is 7.06. The highest BCUT2D eigenvalue weighted by atomic mass is 127. The van der Waals surface area contributed by atoms with Crippen molar-refractivity contribution in [3.8, 4) is 0 Å². The fourth-order valence-electron chi connectivity index (χ4n) is 3.09. The van der Waals surface area contributed by atoms with E-state index in [0.29, 0.717) is 19.3 Å². The summed E-state index contributed by atoms with van der Waals surface area (Å²) in [7, 11) is 1.81.